The predicted molar refractivity (Wildman–Crippen MR) is 78.0 cm³/mol. The van der Waals surface area contributed by atoms with Gasteiger partial charge >= 0.3 is 6.18 Å². The van der Waals surface area contributed by atoms with Crippen LogP contribution in [0.3, 0.4) is 0 Å². The average Bonchev–Trinajstić information content (AvgIpc) is 2.87. The van der Waals surface area contributed by atoms with Gasteiger partial charge in [0.15, 0.2) is 5.69 Å². The average molecular weight is 360 g/mol. The van der Waals surface area contributed by atoms with Crippen LogP contribution in [0.25, 0.3) is 0 Å². The minimum Gasteiger partial charge on any atom is -0.375 e. The van der Waals surface area contributed by atoms with E-state index < -0.39 is 17.9 Å². The molecule has 1 N–H and O–H groups in total. The lowest BCUT2D eigenvalue weighted by Crippen LogP contribution is -2.55. The number of thiazole rings is 1. The SMILES string of the molecule is C[C@H]1OCCN[C@@H]1C(=O)N(C)Cc1nc(C(F)(F)F)cs1.Cl. The van der Waals surface area contributed by atoms with Crippen LogP contribution in [0.5, 0.6) is 0 Å². The minimum absolute atomic E-state index is 0. The van der Waals surface area contributed by atoms with Crippen LogP contribution in [0.1, 0.15) is 17.6 Å². The summed E-state index contributed by atoms with van der Waals surface area (Å²) in [6.07, 6.45) is -4.72. The molecule has 10 heteroatoms. The van der Waals surface area contributed by atoms with Gasteiger partial charge in [0.25, 0.3) is 0 Å². The smallest absolute Gasteiger partial charge is 0.375 e. The number of amides is 1. The predicted octanol–water partition coefficient (Wildman–Crippen LogP) is 1.92. The van der Waals surface area contributed by atoms with Gasteiger partial charge in [0.1, 0.15) is 11.0 Å². The molecule has 1 aliphatic rings. The number of hydrogen-bond acceptors (Lipinski definition) is 5. The summed E-state index contributed by atoms with van der Waals surface area (Å²) in [6, 6.07) is -0.481. The molecule has 1 saturated heterocycles. The Bertz CT molecular complexity index is 512. The van der Waals surface area contributed by atoms with Gasteiger partial charge in [-0.3, -0.25) is 4.79 Å². The van der Waals surface area contributed by atoms with Crippen LogP contribution in [-0.2, 0) is 22.3 Å². The summed E-state index contributed by atoms with van der Waals surface area (Å²) in [5.41, 5.74) is -0.921. The summed E-state index contributed by atoms with van der Waals surface area (Å²) in [5, 5.41) is 4.26. The highest BCUT2D eigenvalue weighted by molar-refractivity contribution is 7.09. The Labute approximate surface area is 136 Å². The molecule has 0 bridgehead atoms. The number of rotatable bonds is 3. The number of nitrogens with zero attached hydrogens (tertiary/aromatic N) is 2. The molecule has 0 radical (unpaired) electrons. The standard InChI is InChI=1S/C12H16F3N3O2S.ClH/c1-7-10(16-3-4-20-7)11(19)18(2)5-9-17-8(6-21-9)12(13,14)15;/h6-7,10,16H,3-5H2,1-2H3;1H/t7-,10+;/m1./s1. The maximum absolute atomic E-state index is 12.5. The molecule has 0 aliphatic carbocycles. The lowest BCUT2D eigenvalue weighted by atomic mass is 10.1. The van der Waals surface area contributed by atoms with Crippen molar-refractivity contribution in [2.24, 2.45) is 0 Å². The molecule has 2 rings (SSSR count). The van der Waals surface area contributed by atoms with E-state index in [1.54, 1.807) is 14.0 Å². The Morgan fingerprint density at radius 3 is 2.82 bits per heavy atom. The van der Waals surface area contributed by atoms with E-state index in [0.717, 1.165) is 16.7 Å². The van der Waals surface area contributed by atoms with Crippen LogP contribution in [0.4, 0.5) is 13.2 Å². The topological polar surface area (TPSA) is 54.5 Å². The van der Waals surface area contributed by atoms with Crippen molar-refractivity contribution < 1.29 is 22.7 Å². The normalized spacial score (nSPS) is 22.0. The molecule has 22 heavy (non-hydrogen) atoms. The van der Waals surface area contributed by atoms with Crippen molar-refractivity contribution in [1.82, 2.24) is 15.2 Å². The number of carbonyl (C=O) groups is 1. The summed E-state index contributed by atoms with van der Waals surface area (Å²) in [5.74, 6) is -0.217. The molecular formula is C12H17ClF3N3O2S. The second-order valence-electron chi connectivity index (χ2n) is 4.83. The number of carbonyl (C=O) groups excluding carboxylic acids is 1. The molecule has 0 spiro atoms. The van der Waals surface area contributed by atoms with Gasteiger partial charge in [0.2, 0.25) is 5.91 Å². The van der Waals surface area contributed by atoms with Gasteiger partial charge in [0, 0.05) is 19.0 Å². The molecule has 1 aromatic rings. The first-order valence-electron chi connectivity index (χ1n) is 6.40. The van der Waals surface area contributed by atoms with Crippen LogP contribution >= 0.6 is 23.7 Å². The van der Waals surface area contributed by atoms with Gasteiger partial charge in [-0.25, -0.2) is 4.98 Å². The van der Waals surface area contributed by atoms with Crippen molar-refractivity contribution in [3.8, 4) is 0 Å². The number of alkyl halides is 3. The number of halogens is 4. The zero-order valence-corrected chi connectivity index (χ0v) is 13.6. The maximum atomic E-state index is 12.5. The first-order chi connectivity index (χ1) is 9.79. The molecule has 5 nitrogen and oxygen atoms in total. The number of hydrogen-bond donors (Lipinski definition) is 1. The third kappa shape index (κ3) is 4.55. The summed E-state index contributed by atoms with van der Waals surface area (Å²) in [4.78, 5) is 17.1. The molecule has 126 valence electrons. The van der Waals surface area contributed by atoms with Gasteiger partial charge in [-0.1, -0.05) is 0 Å². The number of likely N-dealkylation sites (N-methyl/N-ethyl adjacent to an activating group) is 1. The second-order valence-corrected chi connectivity index (χ2v) is 5.77. The van der Waals surface area contributed by atoms with Crippen LogP contribution in [-0.4, -0.2) is 48.1 Å². The molecule has 0 saturated carbocycles. The van der Waals surface area contributed by atoms with Gasteiger partial charge < -0.3 is 15.0 Å². The van der Waals surface area contributed by atoms with Crippen molar-refractivity contribution in [2.45, 2.75) is 31.8 Å². The lowest BCUT2D eigenvalue weighted by Gasteiger charge is -2.32. The zero-order valence-electron chi connectivity index (χ0n) is 12.0. The fourth-order valence-electron chi connectivity index (χ4n) is 2.04. The molecule has 1 aliphatic heterocycles. The van der Waals surface area contributed by atoms with E-state index in [1.807, 2.05) is 0 Å². The first-order valence-corrected chi connectivity index (χ1v) is 7.28. The fraction of sp³-hybridized carbons (Fsp3) is 0.667. The second kappa shape index (κ2) is 7.58. The van der Waals surface area contributed by atoms with Crippen LogP contribution in [0, 0.1) is 0 Å². The first kappa shape index (κ1) is 19.1. The van der Waals surface area contributed by atoms with E-state index in [1.165, 1.54) is 4.90 Å². The summed E-state index contributed by atoms with van der Waals surface area (Å²) < 4.78 is 42.8. The highest BCUT2D eigenvalue weighted by Crippen LogP contribution is 2.30. The van der Waals surface area contributed by atoms with Gasteiger partial charge in [0.05, 0.1) is 19.3 Å². The molecule has 1 amide bonds. The van der Waals surface area contributed by atoms with Crippen molar-refractivity contribution in [1.29, 1.82) is 0 Å². The third-order valence-electron chi connectivity index (χ3n) is 3.17. The number of ether oxygens (including phenoxy) is 1. The van der Waals surface area contributed by atoms with Gasteiger partial charge in [-0.15, -0.1) is 23.7 Å². The number of aromatic nitrogens is 1. The van der Waals surface area contributed by atoms with Crippen molar-refractivity contribution in [3.05, 3.63) is 16.1 Å². The van der Waals surface area contributed by atoms with Gasteiger partial charge in [-0.05, 0) is 6.92 Å². The fourth-order valence-corrected chi connectivity index (χ4v) is 2.89. The number of nitrogens with one attached hydrogen (secondary N) is 1. The molecule has 2 atom stereocenters. The number of morpholine rings is 1. The molecular weight excluding hydrogens is 343 g/mol. The summed E-state index contributed by atoms with van der Waals surface area (Å²) in [6.45, 7) is 2.94. The van der Waals surface area contributed by atoms with E-state index in [-0.39, 0.29) is 36.0 Å². The minimum atomic E-state index is -4.45. The summed E-state index contributed by atoms with van der Waals surface area (Å²) >= 11 is 0.893. The highest BCUT2D eigenvalue weighted by atomic mass is 35.5. The molecule has 0 unspecified atom stereocenters. The highest BCUT2D eigenvalue weighted by Gasteiger charge is 2.34. The van der Waals surface area contributed by atoms with Crippen molar-refractivity contribution in [3.63, 3.8) is 0 Å². The van der Waals surface area contributed by atoms with Crippen molar-refractivity contribution in [2.75, 3.05) is 20.2 Å². The summed E-state index contributed by atoms with van der Waals surface area (Å²) in [7, 11) is 1.54. The van der Waals surface area contributed by atoms with E-state index in [4.69, 9.17) is 4.74 Å². The Hall–Kier alpha value is -0.900. The van der Waals surface area contributed by atoms with Crippen LogP contribution in [0.2, 0.25) is 0 Å². The quantitative estimate of drug-likeness (QED) is 0.896. The maximum Gasteiger partial charge on any atom is 0.434 e. The third-order valence-corrected chi connectivity index (χ3v) is 4.01. The van der Waals surface area contributed by atoms with E-state index >= 15 is 0 Å². The van der Waals surface area contributed by atoms with E-state index in [9.17, 15) is 18.0 Å². The Morgan fingerprint density at radius 2 is 2.27 bits per heavy atom. The van der Waals surface area contributed by atoms with E-state index in [2.05, 4.69) is 10.3 Å². The Balaban J connectivity index is 0.00000242. The van der Waals surface area contributed by atoms with Crippen molar-refractivity contribution >= 4 is 29.7 Å². The molecule has 1 aromatic heterocycles. The van der Waals surface area contributed by atoms with Gasteiger partial charge in [-0.2, -0.15) is 13.2 Å². The lowest BCUT2D eigenvalue weighted by molar-refractivity contribution is -0.140. The Morgan fingerprint density at radius 1 is 1.59 bits per heavy atom. The zero-order chi connectivity index (χ0) is 15.6. The van der Waals surface area contributed by atoms with Crippen LogP contribution in [0.15, 0.2) is 5.38 Å². The largest absolute Gasteiger partial charge is 0.434 e. The van der Waals surface area contributed by atoms with Crippen LogP contribution < -0.4 is 5.32 Å². The monoisotopic (exact) mass is 359 g/mol. The van der Waals surface area contributed by atoms with E-state index in [0.29, 0.717) is 13.2 Å². The molecule has 2 heterocycles. The molecule has 0 aromatic carbocycles. The Kier molecular flexibility index (Phi) is 6.60. The molecule has 1 fully saturated rings.